The first-order valence-corrected chi connectivity index (χ1v) is 7.86. The maximum atomic E-state index is 12.2. The molecule has 1 aliphatic rings. The molecule has 5 nitrogen and oxygen atoms in total. The zero-order valence-electron chi connectivity index (χ0n) is 11.6. The van der Waals surface area contributed by atoms with Gasteiger partial charge in [-0.15, -0.1) is 0 Å². The highest BCUT2D eigenvalue weighted by atomic mass is 127. The van der Waals surface area contributed by atoms with E-state index in [1.165, 1.54) is 0 Å². The van der Waals surface area contributed by atoms with Crippen LogP contribution >= 0.6 is 34.8 Å². The van der Waals surface area contributed by atoms with E-state index in [0.717, 1.165) is 5.56 Å². The van der Waals surface area contributed by atoms with Crippen molar-refractivity contribution in [2.45, 2.75) is 19.9 Å². The molecule has 0 saturated heterocycles. The first kappa shape index (κ1) is 16.0. The van der Waals surface area contributed by atoms with Crippen LogP contribution in [0.15, 0.2) is 29.5 Å². The van der Waals surface area contributed by atoms with E-state index in [-0.39, 0.29) is 11.7 Å². The van der Waals surface area contributed by atoms with E-state index in [1.54, 1.807) is 26.0 Å². The van der Waals surface area contributed by atoms with Crippen LogP contribution in [-0.2, 0) is 9.53 Å². The molecule has 0 aromatic heterocycles. The molecule has 0 bridgehead atoms. The Morgan fingerprint density at radius 2 is 2.24 bits per heavy atom. The predicted octanol–water partition coefficient (Wildman–Crippen LogP) is 2.35. The van der Waals surface area contributed by atoms with Gasteiger partial charge in [-0.2, -0.15) is 0 Å². The Morgan fingerprint density at radius 3 is 2.86 bits per heavy atom. The highest BCUT2D eigenvalue weighted by Gasteiger charge is 2.31. The molecule has 21 heavy (non-hydrogen) atoms. The summed E-state index contributed by atoms with van der Waals surface area (Å²) in [6.07, 6.45) is 0. The molecule has 0 saturated carbocycles. The molecule has 0 radical (unpaired) electrons. The van der Waals surface area contributed by atoms with Gasteiger partial charge in [0.1, 0.15) is 5.75 Å². The number of hydrogen-bond acceptors (Lipinski definition) is 4. The van der Waals surface area contributed by atoms with Gasteiger partial charge in [-0.25, -0.2) is 4.79 Å². The Morgan fingerprint density at radius 1 is 1.52 bits per heavy atom. The number of esters is 1. The van der Waals surface area contributed by atoms with Crippen LogP contribution in [0.4, 0.5) is 0 Å². The van der Waals surface area contributed by atoms with Crippen molar-refractivity contribution in [3.05, 3.63) is 38.6 Å². The Balaban J connectivity index is 2.46. The summed E-state index contributed by atoms with van der Waals surface area (Å²) < 4.78 is 5.83. The smallest absolute Gasteiger partial charge is 0.338 e. The van der Waals surface area contributed by atoms with Crippen molar-refractivity contribution in [1.82, 2.24) is 10.6 Å². The number of thiocarbonyl (C=S) groups is 1. The van der Waals surface area contributed by atoms with Gasteiger partial charge >= 0.3 is 5.97 Å². The maximum Gasteiger partial charge on any atom is 0.338 e. The van der Waals surface area contributed by atoms with Crippen LogP contribution in [0.1, 0.15) is 25.5 Å². The molecule has 0 spiro atoms. The van der Waals surface area contributed by atoms with E-state index in [4.69, 9.17) is 17.0 Å². The van der Waals surface area contributed by atoms with Gasteiger partial charge in [0.2, 0.25) is 0 Å². The summed E-state index contributed by atoms with van der Waals surface area (Å²) in [6, 6.07) is 4.78. The summed E-state index contributed by atoms with van der Waals surface area (Å²) in [5, 5.41) is 16.1. The Kier molecular flexibility index (Phi) is 5.04. The normalized spacial score (nSPS) is 18.0. The molecule has 3 N–H and O–H groups in total. The summed E-state index contributed by atoms with van der Waals surface area (Å²) >= 11 is 7.20. The second kappa shape index (κ2) is 6.61. The molecule has 1 atom stereocenters. The molecule has 1 heterocycles. The number of benzene rings is 1. The van der Waals surface area contributed by atoms with Crippen LogP contribution < -0.4 is 10.6 Å². The van der Waals surface area contributed by atoms with Gasteiger partial charge in [0.15, 0.2) is 5.11 Å². The average molecular weight is 418 g/mol. The minimum atomic E-state index is -0.396. The number of ether oxygens (including phenoxy) is 1. The number of phenolic OH excluding ortho intramolecular Hbond substituents is 1. The third kappa shape index (κ3) is 3.46. The van der Waals surface area contributed by atoms with Gasteiger partial charge in [-0.3, -0.25) is 0 Å². The monoisotopic (exact) mass is 418 g/mol. The number of rotatable bonds is 3. The number of nitrogens with one attached hydrogen (secondary N) is 2. The quantitative estimate of drug-likeness (QED) is 0.398. The minimum Gasteiger partial charge on any atom is -0.507 e. The van der Waals surface area contributed by atoms with Gasteiger partial charge < -0.3 is 20.5 Å². The lowest BCUT2D eigenvalue weighted by Crippen LogP contribution is -2.45. The predicted molar refractivity (Wildman–Crippen MR) is 91.8 cm³/mol. The van der Waals surface area contributed by atoms with Gasteiger partial charge in [0.05, 0.1) is 21.8 Å². The molecule has 7 heteroatoms. The van der Waals surface area contributed by atoms with Crippen LogP contribution in [0, 0.1) is 3.57 Å². The summed E-state index contributed by atoms with van der Waals surface area (Å²) in [4.78, 5) is 12.2. The van der Waals surface area contributed by atoms with E-state index >= 15 is 0 Å². The Hall–Kier alpha value is -1.35. The molecule has 1 aliphatic heterocycles. The second-order valence-electron chi connectivity index (χ2n) is 4.50. The van der Waals surface area contributed by atoms with E-state index in [0.29, 0.717) is 26.6 Å². The van der Waals surface area contributed by atoms with Crippen molar-refractivity contribution in [3.63, 3.8) is 0 Å². The van der Waals surface area contributed by atoms with Crippen LogP contribution in [-0.4, -0.2) is 22.8 Å². The van der Waals surface area contributed by atoms with Crippen molar-refractivity contribution in [3.8, 4) is 5.75 Å². The fraction of sp³-hybridized carbons (Fsp3) is 0.286. The third-order valence-electron chi connectivity index (χ3n) is 3.07. The standard InChI is InChI=1S/C14H15IN2O3S/c1-3-20-13(19)11-7(2)16-14(21)17-12(11)8-4-5-10(18)9(15)6-8/h4-6,12,18H,3H2,1-2H3,(H2,16,17,21)/t12-/m0/s1. The third-order valence-corrected chi connectivity index (χ3v) is 4.15. The van der Waals surface area contributed by atoms with Crippen LogP contribution in [0.3, 0.4) is 0 Å². The van der Waals surface area contributed by atoms with E-state index in [2.05, 4.69) is 10.6 Å². The van der Waals surface area contributed by atoms with Crippen molar-refractivity contribution in [1.29, 1.82) is 0 Å². The molecule has 1 aromatic rings. The van der Waals surface area contributed by atoms with Crippen molar-refractivity contribution >= 4 is 45.9 Å². The van der Waals surface area contributed by atoms with E-state index < -0.39 is 6.04 Å². The lowest BCUT2D eigenvalue weighted by atomic mass is 9.95. The van der Waals surface area contributed by atoms with Crippen LogP contribution in [0.5, 0.6) is 5.75 Å². The lowest BCUT2D eigenvalue weighted by molar-refractivity contribution is -0.139. The number of hydrogen-bond donors (Lipinski definition) is 3. The molecule has 0 amide bonds. The number of halogens is 1. The van der Waals surface area contributed by atoms with E-state index in [9.17, 15) is 9.90 Å². The molecule has 0 fully saturated rings. The molecule has 0 aliphatic carbocycles. The highest BCUT2D eigenvalue weighted by molar-refractivity contribution is 14.1. The molecular formula is C14H15IN2O3S. The minimum absolute atomic E-state index is 0.203. The lowest BCUT2D eigenvalue weighted by Gasteiger charge is -2.30. The SMILES string of the molecule is CCOC(=O)C1=C(C)NC(=S)N[C@H]1c1ccc(O)c(I)c1. The van der Waals surface area contributed by atoms with Crippen LogP contribution in [0.25, 0.3) is 0 Å². The van der Waals surface area contributed by atoms with Crippen molar-refractivity contribution in [2.75, 3.05) is 6.61 Å². The fourth-order valence-electron chi connectivity index (χ4n) is 2.13. The first-order chi connectivity index (χ1) is 9.93. The van der Waals surface area contributed by atoms with Gasteiger partial charge in [-0.1, -0.05) is 6.07 Å². The largest absolute Gasteiger partial charge is 0.507 e. The molecule has 1 aromatic carbocycles. The molecule has 0 unspecified atom stereocenters. The fourth-order valence-corrected chi connectivity index (χ4v) is 2.94. The summed E-state index contributed by atoms with van der Waals surface area (Å²) in [5.41, 5.74) is 2.00. The topological polar surface area (TPSA) is 70.6 Å². The molecule has 2 rings (SSSR count). The highest BCUT2D eigenvalue weighted by Crippen LogP contribution is 2.30. The number of carbonyl (C=O) groups is 1. The number of allylic oxidation sites excluding steroid dienone is 1. The van der Waals surface area contributed by atoms with Gasteiger partial charge in [0, 0.05) is 5.70 Å². The van der Waals surface area contributed by atoms with Crippen molar-refractivity contribution < 1.29 is 14.6 Å². The number of carbonyl (C=O) groups excluding carboxylic acids is 1. The Labute approximate surface area is 141 Å². The van der Waals surface area contributed by atoms with Crippen LogP contribution in [0.2, 0.25) is 0 Å². The summed E-state index contributed by atoms with van der Waals surface area (Å²) in [6.45, 7) is 3.86. The van der Waals surface area contributed by atoms with Gasteiger partial charge in [0.25, 0.3) is 0 Å². The Bertz CT molecular complexity index is 631. The second-order valence-corrected chi connectivity index (χ2v) is 6.07. The molecule has 112 valence electrons. The average Bonchev–Trinajstić information content (AvgIpc) is 2.41. The first-order valence-electron chi connectivity index (χ1n) is 6.37. The van der Waals surface area contributed by atoms with E-state index in [1.807, 2.05) is 28.7 Å². The zero-order chi connectivity index (χ0) is 15.6. The molecular weight excluding hydrogens is 403 g/mol. The number of phenols is 1. The van der Waals surface area contributed by atoms with Crippen molar-refractivity contribution in [2.24, 2.45) is 0 Å². The zero-order valence-corrected chi connectivity index (χ0v) is 14.5. The number of aromatic hydroxyl groups is 1. The summed E-state index contributed by atoms with van der Waals surface area (Å²) in [5.74, 6) is -0.181. The summed E-state index contributed by atoms with van der Waals surface area (Å²) in [7, 11) is 0. The van der Waals surface area contributed by atoms with Gasteiger partial charge in [-0.05, 0) is 66.4 Å². The maximum absolute atomic E-state index is 12.2.